The molecule has 0 amide bonds. The molecule has 0 aliphatic rings. The Morgan fingerprint density at radius 3 is 2.70 bits per heavy atom. The molecule has 1 N–H and O–H groups in total. The van der Waals surface area contributed by atoms with Crippen LogP contribution in [0.1, 0.15) is 38.7 Å². The highest BCUT2D eigenvalue weighted by Crippen LogP contribution is 2.20. The van der Waals surface area contributed by atoms with Crippen molar-refractivity contribution in [1.29, 1.82) is 0 Å². The van der Waals surface area contributed by atoms with Crippen LogP contribution in [0.3, 0.4) is 0 Å². The van der Waals surface area contributed by atoms with Gasteiger partial charge in [-0.2, -0.15) is 0 Å². The van der Waals surface area contributed by atoms with Gasteiger partial charge in [0.25, 0.3) is 0 Å². The maximum absolute atomic E-state index is 5.71. The Hall–Kier alpha value is -0.380. The van der Waals surface area contributed by atoms with E-state index >= 15 is 0 Å². The Bertz CT molecular complexity index is 357. The fourth-order valence-corrected chi connectivity index (χ4v) is 2.64. The Kier molecular flexibility index (Phi) is 9.98. The van der Waals surface area contributed by atoms with Gasteiger partial charge in [-0.15, -0.1) is 0 Å². The highest BCUT2D eigenvalue weighted by molar-refractivity contribution is 9.10. The first-order chi connectivity index (χ1) is 9.77. The van der Waals surface area contributed by atoms with Gasteiger partial charge in [-0.05, 0) is 49.9 Å². The second kappa shape index (κ2) is 11.3. The largest absolute Gasteiger partial charge is 0.381 e. The molecule has 0 aliphatic heterocycles. The van der Waals surface area contributed by atoms with Crippen molar-refractivity contribution >= 4 is 15.9 Å². The van der Waals surface area contributed by atoms with Crippen LogP contribution in [0.25, 0.3) is 0 Å². The molecule has 0 radical (unpaired) electrons. The van der Waals surface area contributed by atoms with Gasteiger partial charge in [0, 0.05) is 17.7 Å². The van der Waals surface area contributed by atoms with E-state index in [1.165, 1.54) is 22.9 Å². The monoisotopic (exact) mass is 341 g/mol. The van der Waals surface area contributed by atoms with Gasteiger partial charge >= 0.3 is 0 Å². The lowest BCUT2D eigenvalue weighted by molar-refractivity contribution is 0.117. The average Bonchev–Trinajstić information content (AvgIpc) is 2.46. The number of hydrogen-bond acceptors (Lipinski definition) is 2. The van der Waals surface area contributed by atoms with E-state index < -0.39 is 0 Å². The van der Waals surface area contributed by atoms with Crippen LogP contribution in [0.2, 0.25) is 0 Å². The number of hydrogen-bond donors (Lipinski definition) is 1. The predicted molar refractivity (Wildman–Crippen MR) is 90.2 cm³/mol. The lowest BCUT2D eigenvalue weighted by Crippen LogP contribution is -2.25. The summed E-state index contributed by atoms with van der Waals surface area (Å²) in [4.78, 5) is 0. The third-order valence-corrected chi connectivity index (χ3v) is 4.24. The van der Waals surface area contributed by atoms with Gasteiger partial charge in [-0.1, -0.05) is 54.4 Å². The molecule has 1 unspecified atom stereocenters. The summed E-state index contributed by atoms with van der Waals surface area (Å²) >= 11 is 3.64. The number of ether oxygens (including phenoxy) is 1. The molecule has 114 valence electrons. The van der Waals surface area contributed by atoms with Gasteiger partial charge < -0.3 is 10.1 Å². The van der Waals surface area contributed by atoms with Crippen LogP contribution < -0.4 is 5.32 Å². The molecule has 1 rings (SSSR count). The summed E-state index contributed by atoms with van der Waals surface area (Å²) in [5.74, 6) is 0.635. The molecule has 1 atom stereocenters. The van der Waals surface area contributed by atoms with Crippen LogP contribution in [-0.4, -0.2) is 26.3 Å². The van der Waals surface area contributed by atoms with Gasteiger partial charge in [0.05, 0.1) is 0 Å². The normalized spacial score (nSPS) is 12.6. The number of benzene rings is 1. The minimum Gasteiger partial charge on any atom is -0.381 e. The first kappa shape index (κ1) is 17.7. The third kappa shape index (κ3) is 7.41. The van der Waals surface area contributed by atoms with Crippen LogP contribution in [0.4, 0.5) is 0 Å². The molecule has 0 fully saturated rings. The van der Waals surface area contributed by atoms with E-state index in [0.717, 1.165) is 39.1 Å². The van der Waals surface area contributed by atoms with Gasteiger partial charge in [0.15, 0.2) is 0 Å². The second-order valence-corrected chi connectivity index (χ2v) is 6.08. The highest BCUT2D eigenvalue weighted by Gasteiger charge is 2.11. The molecule has 0 spiro atoms. The molecule has 3 heteroatoms. The van der Waals surface area contributed by atoms with Crippen molar-refractivity contribution in [2.75, 3.05) is 26.3 Å². The Balaban J connectivity index is 2.41. The zero-order chi connectivity index (χ0) is 14.6. The minimum atomic E-state index is 0.635. The lowest BCUT2D eigenvalue weighted by atomic mass is 9.96. The third-order valence-electron chi connectivity index (χ3n) is 3.46. The molecular weight excluding hydrogens is 314 g/mol. The van der Waals surface area contributed by atoms with Crippen molar-refractivity contribution in [1.82, 2.24) is 5.32 Å². The van der Waals surface area contributed by atoms with Crippen LogP contribution >= 0.6 is 15.9 Å². The predicted octanol–water partition coefficient (Wildman–Crippen LogP) is 4.42. The minimum absolute atomic E-state index is 0.635. The fraction of sp³-hybridized carbons (Fsp3) is 0.647. The fourth-order valence-electron chi connectivity index (χ4n) is 2.20. The summed E-state index contributed by atoms with van der Waals surface area (Å²) in [6.45, 7) is 8.23. The van der Waals surface area contributed by atoms with Crippen molar-refractivity contribution in [3.8, 4) is 0 Å². The number of rotatable bonds is 11. The molecule has 0 aliphatic carbocycles. The van der Waals surface area contributed by atoms with Gasteiger partial charge in [-0.3, -0.25) is 0 Å². The van der Waals surface area contributed by atoms with Crippen molar-refractivity contribution in [3.05, 3.63) is 34.3 Å². The maximum Gasteiger partial charge on any atom is 0.0469 e. The summed E-state index contributed by atoms with van der Waals surface area (Å²) in [7, 11) is 0. The van der Waals surface area contributed by atoms with Crippen LogP contribution in [-0.2, 0) is 11.2 Å². The van der Waals surface area contributed by atoms with E-state index in [1.807, 2.05) is 0 Å². The molecule has 0 aromatic heterocycles. The summed E-state index contributed by atoms with van der Waals surface area (Å²) in [6, 6.07) is 8.52. The van der Waals surface area contributed by atoms with Gasteiger partial charge in [0.2, 0.25) is 0 Å². The molecule has 2 nitrogen and oxygen atoms in total. The zero-order valence-electron chi connectivity index (χ0n) is 12.8. The van der Waals surface area contributed by atoms with Crippen LogP contribution in [0, 0.1) is 5.92 Å². The van der Waals surface area contributed by atoms with E-state index in [-0.39, 0.29) is 0 Å². The van der Waals surface area contributed by atoms with Crippen molar-refractivity contribution in [2.24, 2.45) is 5.92 Å². The standard InChI is InChI=1S/C17H28BrNO/c1-3-5-11-20-12-10-15(14-19-4-2)13-16-8-6-7-9-17(16)18/h6-9,15,19H,3-5,10-14H2,1-2H3. The molecule has 0 heterocycles. The Morgan fingerprint density at radius 2 is 2.00 bits per heavy atom. The van der Waals surface area contributed by atoms with Crippen molar-refractivity contribution in [3.63, 3.8) is 0 Å². The first-order valence-electron chi connectivity index (χ1n) is 7.79. The van der Waals surface area contributed by atoms with Crippen molar-refractivity contribution in [2.45, 2.75) is 39.5 Å². The summed E-state index contributed by atoms with van der Waals surface area (Å²) < 4.78 is 6.93. The Labute approximate surface area is 132 Å². The number of halogens is 1. The van der Waals surface area contributed by atoms with Crippen LogP contribution in [0.5, 0.6) is 0 Å². The van der Waals surface area contributed by atoms with E-state index in [4.69, 9.17) is 4.74 Å². The molecule has 0 saturated carbocycles. The summed E-state index contributed by atoms with van der Waals surface area (Å²) in [5, 5.41) is 3.47. The maximum atomic E-state index is 5.71. The van der Waals surface area contributed by atoms with Gasteiger partial charge in [0.1, 0.15) is 0 Å². The lowest BCUT2D eigenvalue weighted by Gasteiger charge is -2.18. The average molecular weight is 342 g/mol. The van der Waals surface area contributed by atoms with E-state index in [0.29, 0.717) is 5.92 Å². The second-order valence-electron chi connectivity index (χ2n) is 5.22. The molecule has 1 aromatic rings. The zero-order valence-corrected chi connectivity index (χ0v) is 14.4. The SMILES string of the molecule is CCCCOCCC(CNCC)Cc1ccccc1Br. The molecule has 0 saturated heterocycles. The van der Waals surface area contributed by atoms with E-state index in [2.05, 4.69) is 59.4 Å². The Morgan fingerprint density at radius 1 is 1.20 bits per heavy atom. The summed E-state index contributed by atoms with van der Waals surface area (Å²) in [5.41, 5.74) is 1.39. The number of nitrogens with one attached hydrogen (secondary N) is 1. The highest BCUT2D eigenvalue weighted by atomic mass is 79.9. The summed E-state index contributed by atoms with van der Waals surface area (Å²) in [6.07, 6.45) is 4.60. The quantitative estimate of drug-likeness (QED) is 0.601. The first-order valence-corrected chi connectivity index (χ1v) is 8.59. The topological polar surface area (TPSA) is 21.3 Å². The smallest absolute Gasteiger partial charge is 0.0469 e. The van der Waals surface area contributed by atoms with Crippen LogP contribution in [0.15, 0.2) is 28.7 Å². The van der Waals surface area contributed by atoms with E-state index in [1.54, 1.807) is 0 Å². The molecule has 20 heavy (non-hydrogen) atoms. The molecule has 1 aromatic carbocycles. The number of unbranched alkanes of at least 4 members (excludes halogenated alkanes) is 1. The van der Waals surface area contributed by atoms with E-state index in [9.17, 15) is 0 Å². The molecule has 0 bridgehead atoms. The molecular formula is C17H28BrNO. The van der Waals surface area contributed by atoms with Gasteiger partial charge in [-0.25, -0.2) is 0 Å². The van der Waals surface area contributed by atoms with Crippen molar-refractivity contribution < 1.29 is 4.74 Å².